The Morgan fingerprint density at radius 3 is 2.40 bits per heavy atom. The second-order valence-corrected chi connectivity index (χ2v) is 4.40. The molecule has 2 aromatic rings. The summed E-state index contributed by atoms with van der Waals surface area (Å²) in [6.07, 6.45) is 0. The van der Waals surface area contributed by atoms with Gasteiger partial charge < -0.3 is 15.7 Å². The Balaban J connectivity index is 1.96. The quantitative estimate of drug-likeness (QED) is 0.802. The fraction of sp³-hybridized carbons (Fsp3) is 0.133. The second kappa shape index (κ2) is 6.06. The van der Waals surface area contributed by atoms with Gasteiger partial charge in [0.1, 0.15) is 0 Å². The molecule has 4 nitrogen and oxygen atoms in total. The molecular formula is C15H15FN2O2. The molecule has 0 radical (unpaired) electrons. The third kappa shape index (κ3) is 3.71. The molecule has 0 aliphatic heterocycles. The molecule has 0 aromatic heterocycles. The van der Waals surface area contributed by atoms with Crippen LogP contribution < -0.4 is 10.6 Å². The SMILES string of the molecule is CC(=O)Nc1ccc(NCc2ccc(O)c(F)c2)cc1. The molecule has 0 unspecified atom stereocenters. The van der Waals surface area contributed by atoms with E-state index in [1.807, 2.05) is 12.1 Å². The largest absolute Gasteiger partial charge is 0.505 e. The molecule has 0 fully saturated rings. The predicted molar refractivity (Wildman–Crippen MR) is 76.1 cm³/mol. The van der Waals surface area contributed by atoms with E-state index in [9.17, 15) is 9.18 Å². The third-order valence-electron chi connectivity index (χ3n) is 2.71. The van der Waals surface area contributed by atoms with Crippen molar-refractivity contribution in [2.75, 3.05) is 10.6 Å². The number of amides is 1. The molecular weight excluding hydrogens is 259 g/mol. The van der Waals surface area contributed by atoms with E-state index in [1.165, 1.54) is 19.1 Å². The van der Waals surface area contributed by atoms with Crippen LogP contribution in [0, 0.1) is 5.82 Å². The molecule has 2 aromatic carbocycles. The first kappa shape index (κ1) is 13.9. The van der Waals surface area contributed by atoms with Crippen LogP contribution in [-0.2, 0) is 11.3 Å². The zero-order valence-electron chi connectivity index (χ0n) is 11.0. The van der Waals surface area contributed by atoms with Crippen LogP contribution in [0.1, 0.15) is 12.5 Å². The van der Waals surface area contributed by atoms with Crippen molar-refractivity contribution in [2.45, 2.75) is 13.5 Å². The highest BCUT2D eigenvalue weighted by molar-refractivity contribution is 5.88. The first-order valence-electron chi connectivity index (χ1n) is 6.13. The number of halogens is 1. The van der Waals surface area contributed by atoms with Gasteiger partial charge in [0.2, 0.25) is 5.91 Å². The Morgan fingerprint density at radius 2 is 1.80 bits per heavy atom. The monoisotopic (exact) mass is 274 g/mol. The summed E-state index contributed by atoms with van der Waals surface area (Å²) in [6.45, 7) is 1.89. The molecule has 3 N–H and O–H groups in total. The van der Waals surface area contributed by atoms with Crippen molar-refractivity contribution >= 4 is 17.3 Å². The van der Waals surface area contributed by atoms with Gasteiger partial charge in [-0.3, -0.25) is 4.79 Å². The highest BCUT2D eigenvalue weighted by Crippen LogP contribution is 2.18. The Labute approximate surface area is 116 Å². The van der Waals surface area contributed by atoms with E-state index in [-0.39, 0.29) is 11.7 Å². The molecule has 0 aliphatic carbocycles. The molecule has 0 atom stereocenters. The molecule has 0 saturated carbocycles. The summed E-state index contributed by atoms with van der Waals surface area (Å²) in [7, 11) is 0. The molecule has 0 aliphatic rings. The van der Waals surface area contributed by atoms with Crippen molar-refractivity contribution in [2.24, 2.45) is 0 Å². The van der Waals surface area contributed by atoms with Crippen LogP contribution >= 0.6 is 0 Å². The Morgan fingerprint density at radius 1 is 1.15 bits per heavy atom. The molecule has 0 heterocycles. The number of hydrogen-bond acceptors (Lipinski definition) is 3. The average Bonchev–Trinajstić information content (AvgIpc) is 2.41. The van der Waals surface area contributed by atoms with Gasteiger partial charge in [0.15, 0.2) is 11.6 Å². The van der Waals surface area contributed by atoms with Gasteiger partial charge in [-0.1, -0.05) is 6.07 Å². The van der Waals surface area contributed by atoms with Crippen molar-refractivity contribution in [3.8, 4) is 5.75 Å². The highest BCUT2D eigenvalue weighted by Gasteiger charge is 2.02. The molecule has 0 bridgehead atoms. The molecule has 104 valence electrons. The fourth-order valence-corrected chi connectivity index (χ4v) is 1.74. The number of rotatable bonds is 4. The predicted octanol–water partition coefficient (Wildman–Crippen LogP) is 3.10. The van der Waals surface area contributed by atoms with Crippen LogP contribution in [-0.4, -0.2) is 11.0 Å². The van der Waals surface area contributed by atoms with Crippen molar-refractivity contribution < 1.29 is 14.3 Å². The number of hydrogen-bond donors (Lipinski definition) is 3. The Kier molecular flexibility index (Phi) is 4.20. The Hall–Kier alpha value is -2.56. The number of phenolic OH excluding ortho intramolecular Hbond substituents is 1. The van der Waals surface area contributed by atoms with Crippen LogP contribution in [0.15, 0.2) is 42.5 Å². The number of nitrogens with one attached hydrogen (secondary N) is 2. The minimum atomic E-state index is -0.634. The van der Waals surface area contributed by atoms with E-state index in [2.05, 4.69) is 10.6 Å². The van der Waals surface area contributed by atoms with Gasteiger partial charge >= 0.3 is 0 Å². The number of carbonyl (C=O) groups excluding carboxylic acids is 1. The van der Waals surface area contributed by atoms with Gasteiger partial charge in [-0.2, -0.15) is 0 Å². The number of carbonyl (C=O) groups is 1. The third-order valence-corrected chi connectivity index (χ3v) is 2.71. The van der Waals surface area contributed by atoms with E-state index in [0.29, 0.717) is 6.54 Å². The van der Waals surface area contributed by atoms with Gasteiger partial charge in [0.25, 0.3) is 0 Å². The van der Waals surface area contributed by atoms with Gasteiger partial charge in [-0.15, -0.1) is 0 Å². The highest BCUT2D eigenvalue weighted by atomic mass is 19.1. The van der Waals surface area contributed by atoms with Gasteiger partial charge in [-0.05, 0) is 42.0 Å². The maximum atomic E-state index is 13.2. The maximum Gasteiger partial charge on any atom is 0.221 e. The summed E-state index contributed by atoms with van der Waals surface area (Å²) in [5.41, 5.74) is 2.30. The minimum Gasteiger partial charge on any atom is -0.505 e. The van der Waals surface area contributed by atoms with E-state index in [4.69, 9.17) is 5.11 Å². The van der Waals surface area contributed by atoms with E-state index in [0.717, 1.165) is 16.9 Å². The summed E-state index contributed by atoms with van der Waals surface area (Å²) in [6, 6.07) is 11.5. The Bertz CT molecular complexity index is 612. The first-order chi connectivity index (χ1) is 9.54. The molecule has 2 rings (SSSR count). The summed E-state index contributed by atoms with van der Waals surface area (Å²) >= 11 is 0. The standard InChI is InChI=1S/C15H15FN2O2/c1-10(19)18-13-5-3-12(4-6-13)17-9-11-2-7-15(20)14(16)8-11/h2-8,17,20H,9H2,1H3,(H,18,19). The topological polar surface area (TPSA) is 61.4 Å². The average molecular weight is 274 g/mol. The molecule has 20 heavy (non-hydrogen) atoms. The van der Waals surface area contributed by atoms with Crippen LogP contribution in [0.4, 0.5) is 15.8 Å². The lowest BCUT2D eigenvalue weighted by atomic mass is 10.2. The van der Waals surface area contributed by atoms with Gasteiger partial charge in [0.05, 0.1) is 0 Å². The zero-order chi connectivity index (χ0) is 14.5. The van der Waals surface area contributed by atoms with Crippen molar-refractivity contribution in [3.63, 3.8) is 0 Å². The van der Waals surface area contributed by atoms with Gasteiger partial charge in [0, 0.05) is 24.8 Å². The number of aromatic hydroxyl groups is 1. The van der Waals surface area contributed by atoms with E-state index >= 15 is 0 Å². The molecule has 0 saturated heterocycles. The summed E-state index contributed by atoms with van der Waals surface area (Å²) in [4.78, 5) is 10.9. The first-order valence-corrected chi connectivity index (χ1v) is 6.13. The smallest absolute Gasteiger partial charge is 0.221 e. The lowest BCUT2D eigenvalue weighted by molar-refractivity contribution is -0.114. The van der Waals surface area contributed by atoms with Crippen LogP contribution in [0.3, 0.4) is 0 Å². The second-order valence-electron chi connectivity index (χ2n) is 4.40. The molecule has 1 amide bonds. The van der Waals surface area contributed by atoms with Crippen molar-refractivity contribution in [1.82, 2.24) is 0 Å². The van der Waals surface area contributed by atoms with Gasteiger partial charge in [-0.25, -0.2) is 4.39 Å². The summed E-state index contributed by atoms with van der Waals surface area (Å²) in [5, 5.41) is 14.9. The van der Waals surface area contributed by atoms with E-state index < -0.39 is 5.82 Å². The maximum absolute atomic E-state index is 13.2. The zero-order valence-corrected chi connectivity index (χ0v) is 11.0. The number of phenols is 1. The van der Waals surface area contributed by atoms with Crippen LogP contribution in [0.2, 0.25) is 0 Å². The fourth-order valence-electron chi connectivity index (χ4n) is 1.74. The summed E-state index contributed by atoms with van der Waals surface area (Å²) in [5.74, 6) is -1.11. The van der Waals surface area contributed by atoms with Crippen molar-refractivity contribution in [3.05, 3.63) is 53.8 Å². The van der Waals surface area contributed by atoms with Crippen molar-refractivity contribution in [1.29, 1.82) is 0 Å². The molecule has 5 heteroatoms. The number of benzene rings is 2. The normalized spacial score (nSPS) is 10.1. The lowest BCUT2D eigenvalue weighted by Gasteiger charge is -2.08. The lowest BCUT2D eigenvalue weighted by Crippen LogP contribution is -2.05. The van der Waals surface area contributed by atoms with Crippen LogP contribution in [0.5, 0.6) is 5.75 Å². The summed E-state index contributed by atoms with van der Waals surface area (Å²) < 4.78 is 13.2. The minimum absolute atomic E-state index is 0.120. The molecule has 0 spiro atoms. The number of anilines is 2. The van der Waals surface area contributed by atoms with E-state index in [1.54, 1.807) is 18.2 Å². The van der Waals surface area contributed by atoms with Crippen LogP contribution in [0.25, 0.3) is 0 Å².